The first-order valence-electron chi connectivity index (χ1n) is 8.86. The van der Waals surface area contributed by atoms with E-state index in [9.17, 15) is 10.1 Å². The second-order valence-corrected chi connectivity index (χ2v) is 6.75. The number of nitro groups is 1. The normalized spacial score (nSPS) is 12.9. The molecular weight excluding hydrogens is 346 g/mol. The number of anilines is 1. The van der Waals surface area contributed by atoms with E-state index in [1.165, 1.54) is 23.3 Å². The summed E-state index contributed by atoms with van der Waals surface area (Å²) >= 11 is 5.39. The Bertz CT molecular complexity index is 745. The quantitative estimate of drug-likeness (QED) is 0.380. The molecule has 2 aromatic rings. The lowest BCUT2D eigenvalue weighted by molar-refractivity contribution is -0.384. The molecule has 0 aliphatic heterocycles. The van der Waals surface area contributed by atoms with Crippen LogP contribution in [0.2, 0.25) is 0 Å². The average Bonchev–Trinajstić information content (AvgIpc) is 2.66. The van der Waals surface area contributed by atoms with Crippen LogP contribution < -0.4 is 10.6 Å². The maximum atomic E-state index is 10.7. The smallest absolute Gasteiger partial charge is 0.269 e. The third-order valence-corrected chi connectivity index (χ3v) is 4.79. The van der Waals surface area contributed by atoms with Gasteiger partial charge in [0, 0.05) is 17.8 Å². The molecule has 0 radical (unpaired) electrons. The summed E-state index contributed by atoms with van der Waals surface area (Å²) in [4.78, 5) is 10.3. The van der Waals surface area contributed by atoms with Crippen LogP contribution in [0.25, 0.3) is 0 Å². The van der Waals surface area contributed by atoms with Crippen molar-refractivity contribution in [3.8, 4) is 0 Å². The van der Waals surface area contributed by atoms with Crippen LogP contribution in [0, 0.1) is 10.1 Å². The fraction of sp³-hybridized carbons (Fsp3) is 0.350. The van der Waals surface area contributed by atoms with Gasteiger partial charge in [-0.2, -0.15) is 0 Å². The first-order valence-corrected chi connectivity index (χ1v) is 9.27. The molecule has 2 aromatic carbocycles. The molecule has 0 fully saturated rings. The number of nitro benzene ring substituents is 1. The van der Waals surface area contributed by atoms with Crippen molar-refractivity contribution in [2.45, 2.75) is 45.6 Å². The van der Waals surface area contributed by atoms with Gasteiger partial charge in [0.1, 0.15) is 0 Å². The van der Waals surface area contributed by atoms with Crippen LogP contribution in [0.15, 0.2) is 48.5 Å². The minimum Gasteiger partial charge on any atom is -0.356 e. The zero-order valence-electron chi connectivity index (χ0n) is 15.4. The fourth-order valence-electron chi connectivity index (χ4n) is 2.71. The lowest BCUT2D eigenvalue weighted by Crippen LogP contribution is -2.32. The topological polar surface area (TPSA) is 67.2 Å². The van der Waals surface area contributed by atoms with Crippen LogP contribution in [0.5, 0.6) is 0 Å². The second-order valence-electron chi connectivity index (χ2n) is 6.34. The zero-order valence-corrected chi connectivity index (χ0v) is 16.2. The van der Waals surface area contributed by atoms with Gasteiger partial charge in [-0.05, 0) is 54.2 Å². The van der Waals surface area contributed by atoms with Gasteiger partial charge >= 0.3 is 0 Å². The Labute approximate surface area is 160 Å². The van der Waals surface area contributed by atoms with Crippen LogP contribution in [-0.2, 0) is 0 Å². The highest BCUT2D eigenvalue weighted by Gasteiger charge is 2.12. The molecule has 0 saturated heterocycles. The molecule has 0 aromatic heterocycles. The summed E-state index contributed by atoms with van der Waals surface area (Å²) in [5.74, 6) is 0.557. The van der Waals surface area contributed by atoms with Crippen LogP contribution in [0.1, 0.15) is 56.7 Å². The van der Waals surface area contributed by atoms with Crippen molar-refractivity contribution in [3.63, 3.8) is 0 Å². The van der Waals surface area contributed by atoms with Crippen LogP contribution in [0.4, 0.5) is 11.4 Å². The molecule has 2 rings (SSSR count). The molecule has 0 spiro atoms. The standard InChI is InChI=1S/C20H25N3O2S/c1-4-14(3)15-6-8-16(9-7-15)19(5-2)22-20(26)21-17-10-12-18(13-11-17)23(24)25/h6-14,19H,4-5H2,1-3H3,(H2,21,22,26). The van der Waals surface area contributed by atoms with E-state index in [-0.39, 0.29) is 11.7 Å². The van der Waals surface area contributed by atoms with Gasteiger partial charge in [-0.1, -0.05) is 45.0 Å². The van der Waals surface area contributed by atoms with Gasteiger partial charge in [-0.25, -0.2) is 0 Å². The van der Waals surface area contributed by atoms with E-state index in [1.54, 1.807) is 12.1 Å². The summed E-state index contributed by atoms with van der Waals surface area (Å²) in [6.45, 7) is 6.53. The monoisotopic (exact) mass is 371 g/mol. The number of thiocarbonyl (C=S) groups is 1. The molecule has 0 aliphatic carbocycles. The molecule has 0 amide bonds. The van der Waals surface area contributed by atoms with Crippen LogP contribution in [-0.4, -0.2) is 10.0 Å². The third kappa shape index (κ3) is 5.26. The van der Waals surface area contributed by atoms with Crippen molar-refractivity contribution < 1.29 is 4.92 Å². The Balaban J connectivity index is 2.00. The molecule has 0 bridgehead atoms. The van der Waals surface area contributed by atoms with Crippen molar-refractivity contribution in [1.82, 2.24) is 5.32 Å². The largest absolute Gasteiger partial charge is 0.356 e. The molecule has 2 N–H and O–H groups in total. The lowest BCUT2D eigenvalue weighted by atomic mass is 9.95. The van der Waals surface area contributed by atoms with Gasteiger partial charge in [0.25, 0.3) is 5.69 Å². The van der Waals surface area contributed by atoms with Crippen molar-refractivity contribution >= 4 is 28.7 Å². The lowest BCUT2D eigenvalue weighted by Gasteiger charge is -2.21. The number of nitrogens with one attached hydrogen (secondary N) is 2. The molecule has 0 heterocycles. The highest BCUT2D eigenvalue weighted by Crippen LogP contribution is 2.23. The zero-order chi connectivity index (χ0) is 19.1. The Hall–Kier alpha value is -2.47. The van der Waals surface area contributed by atoms with E-state index in [1.807, 2.05) is 0 Å². The molecular formula is C20H25N3O2S. The first kappa shape index (κ1) is 19.8. The highest BCUT2D eigenvalue weighted by atomic mass is 32.1. The van der Waals surface area contributed by atoms with Gasteiger partial charge in [0.2, 0.25) is 0 Å². The number of rotatable bonds is 7. The van der Waals surface area contributed by atoms with Crippen molar-refractivity contribution in [3.05, 3.63) is 69.8 Å². The van der Waals surface area contributed by atoms with E-state index < -0.39 is 4.92 Å². The summed E-state index contributed by atoms with van der Waals surface area (Å²) < 4.78 is 0. The molecule has 2 unspecified atom stereocenters. The molecule has 6 heteroatoms. The van der Waals surface area contributed by atoms with E-state index in [4.69, 9.17) is 12.2 Å². The Kier molecular flexibility index (Phi) is 7.09. The van der Waals surface area contributed by atoms with Crippen molar-refractivity contribution in [2.75, 3.05) is 5.32 Å². The maximum Gasteiger partial charge on any atom is 0.269 e. The van der Waals surface area contributed by atoms with Crippen molar-refractivity contribution in [1.29, 1.82) is 0 Å². The Morgan fingerprint density at radius 1 is 1.04 bits per heavy atom. The summed E-state index contributed by atoms with van der Waals surface area (Å²) in [6, 6.07) is 15.0. The summed E-state index contributed by atoms with van der Waals surface area (Å²) in [5.41, 5.74) is 3.31. The number of hydrogen-bond acceptors (Lipinski definition) is 3. The van der Waals surface area contributed by atoms with Gasteiger partial charge in [0.05, 0.1) is 11.0 Å². The third-order valence-electron chi connectivity index (χ3n) is 4.57. The number of hydrogen-bond donors (Lipinski definition) is 2. The SMILES string of the molecule is CCC(C)c1ccc(C(CC)NC(=S)Nc2ccc([N+](=O)[O-])cc2)cc1. The summed E-state index contributed by atoms with van der Waals surface area (Å²) in [5, 5.41) is 17.6. The number of nitrogens with zero attached hydrogens (tertiary/aromatic N) is 1. The predicted molar refractivity (Wildman–Crippen MR) is 111 cm³/mol. The summed E-state index contributed by atoms with van der Waals surface area (Å²) in [6.07, 6.45) is 2.02. The molecule has 26 heavy (non-hydrogen) atoms. The van der Waals surface area contributed by atoms with E-state index in [0.717, 1.165) is 18.5 Å². The average molecular weight is 372 g/mol. The molecule has 5 nitrogen and oxygen atoms in total. The van der Waals surface area contributed by atoms with Gasteiger partial charge in [0.15, 0.2) is 5.11 Å². The highest BCUT2D eigenvalue weighted by molar-refractivity contribution is 7.80. The second kappa shape index (κ2) is 9.29. The van der Waals surface area contributed by atoms with Crippen LogP contribution >= 0.6 is 12.2 Å². The Morgan fingerprint density at radius 2 is 1.62 bits per heavy atom. The Morgan fingerprint density at radius 3 is 2.12 bits per heavy atom. The van der Waals surface area contributed by atoms with E-state index in [2.05, 4.69) is 55.7 Å². The summed E-state index contributed by atoms with van der Waals surface area (Å²) in [7, 11) is 0. The minimum absolute atomic E-state index is 0.0576. The van der Waals surface area contributed by atoms with Gasteiger partial charge in [-0.3, -0.25) is 10.1 Å². The molecule has 2 atom stereocenters. The molecule has 138 valence electrons. The maximum absolute atomic E-state index is 10.7. The number of non-ortho nitro benzene ring substituents is 1. The fourth-order valence-corrected chi connectivity index (χ4v) is 2.97. The number of benzene rings is 2. The van der Waals surface area contributed by atoms with Gasteiger partial charge in [-0.15, -0.1) is 0 Å². The van der Waals surface area contributed by atoms with E-state index in [0.29, 0.717) is 11.0 Å². The van der Waals surface area contributed by atoms with Gasteiger partial charge < -0.3 is 10.6 Å². The van der Waals surface area contributed by atoms with E-state index >= 15 is 0 Å². The minimum atomic E-state index is -0.420. The van der Waals surface area contributed by atoms with Crippen molar-refractivity contribution in [2.24, 2.45) is 0 Å². The molecule has 0 saturated carbocycles. The molecule has 0 aliphatic rings. The van der Waals surface area contributed by atoms with Crippen LogP contribution in [0.3, 0.4) is 0 Å². The predicted octanol–water partition coefficient (Wildman–Crippen LogP) is 5.55. The first-order chi connectivity index (χ1) is 12.4.